The molecule has 0 saturated carbocycles. The summed E-state index contributed by atoms with van der Waals surface area (Å²) < 4.78 is 6.89. The summed E-state index contributed by atoms with van der Waals surface area (Å²) in [5.74, 6) is 2.07. The number of pyridine rings is 1. The van der Waals surface area contributed by atoms with Crippen LogP contribution in [0, 0.1) is 0 Å². The first-order chi connectivity index (χ1) is 29.0. The Hall–Kier alpha value is -5.59. The van der Waals surface area contributed by atoms with Crippen molar-refractivity contribution in [2.45, 2.75) is 71.2 Å². The minimum Gasteiger partial charge on any atom is -0.457 e. The van der Waals surface area contributed by atoms with E-state index in [0.29, 0.717) is 0 Å². The van der Waals surface area contributed by atoms with Crippen molar-refractivity contribution in [2.75, 3.05) is 0 Å². The normalized spacial score (nSPS) is 16.2. The standard InChI is InChI=1S/C55H43NOS2Si/c1-54(2)39-25-27-48-52(57-43-16-10-13-19-47(43)60(48,5)6)49(39)36-23-21-34(30-42(36)54)38-28-35(31-56-51(38)32-14-8-7-9-15-32)33-20-22-37-41(29-33)55(3,4)40-24-26-46-53(50(37)40)59-45-18-12-11-17-44(45)58-46/h7-31H,1-6H3. The molecule has 2 aliphatic carbocycles. The topological polar surface area (TPSA) is 22.1 Å². The van der Waals surface area contributed by atoms with Crippen molar-refractivity contribution in [1.82, 2.24) is 4.98 Å². The van der Waals surface area contributed by atoms with Crippen LogP contribution < -0.4 is 15.1 Å². The molecule has 2 aliphatic heterocycles. The van der Waals surface area contributed by atoms with E-state index in [0.717, 1.165) is 33.9 Å². The predicted molar refractivity (Wildman–Crippen MR) is 254 cm³/mol. The van der Waals surface area contributed by atoms with Crippen molar-refractivity contribution in [2.24, 2.45) is 0 Å². The molecule has 60 heavy (non-hydrogen) atoms. The monoisotopic (exact) mass is 825 g/mol. The van der Waals surface area contributed by atoms with Crippen molar-refractivity contribution in [1.29, 1.82) is 0 Å². The van der Waals surface area contributed by atoms with Gasteiger partial charge in [0.15, 0.2) is 0 Å². The Morgan fingerprint density at radius 2 is 1.12 bits per heavy atom. The molecule has 8 aromatic rings. The van der Waals surface area contributed by atoms with E-state index in [1.54, 1.807) is 0 Å². The molecule has 0 saturated heterocycles. The Morgan fingerprint density at radius 3 is 1.90 bits per heavy atom. The van der Waals surface area contributed by atoms with E-state index in [1.165, 1.54) is 85.6 Å². The SMILES string of the molecule is CC1(C)c2cc(-c3cc(-c4ccc5c(c4)C(C)(C)c4ccc6c(c4-5)Sc4ccccc4S6)cnc3-c3ccccc3)ccc2-c2c1ccc1c2Oc2ccccc2[Si]1(C)C. The maximum Gasteiger partial charge on any atom is 0.135 e. The van der Waals surface area contributed by atoms with Gasteiger partial charge in [0.1, 0.15) is 19.6 Å². The molecule has 12 rings (SSSR count). The summed E-state index contributed by atoms with van der Waals surface area (Å²) in [6, 6.07) is 54.2. The van der Waals surface area contributed by atoms with Crippen LogP contribution in [0.25, 0.3) is 55.8 Å². The molecular formula is C55H43NOS2Si. The first kappa shape index (κ1) is 36.3. The molecular weight excluding hydrogens is 783 g/mol. The highest BCUT2D eigenvalue weighted by Crippen LogP contribution is 2.59. The summed E-state index contributed by atoms with van der Waals surface area (Å²) in [5, 5.41) is 2.74. The Bertz CT molecular complexity index is 3160. The highest BCUT2D eigenvalue weighted by Gasteiger charge is 2.44. The van der Waals surface area contributed by atoms with Gasteiger partial charge in [-0.05, 0) is 97.3 Å². The minimum absolute atomic E-state index is 0.138. The number of para-hydroxylation sites is 1. The molecule has 7 aromatic carbocycles. The van der Waals surface area contributed by atoms with Gasteiger partial charge in [0, 0.05) is 64.4 Å². The highest BCUT2D eigenvalue weighted by atomic mass is 32.2. The summed E-state index contributed by atoms with van der Waals surface area (Å²) in [6.07, 6.45) is 2.08. The largest absolute Gasteiger partial charge is 0.457 e. The van der Waals surface area contributed by atoms with Gasteiger partial charge in [0.05, 0.1) is 5.69 Å². The highest BCUT2D eigenvalue weighted by molar-refractivity contribution is 8.05. The maximum atomic E-state index is 6.89. The number of ether oxygens (including phenoxy) is 1. The molecule has 290 valence electrons. The van der Waals surface area contributed by atoms with Crippen molar-refractivity contribution in [3.8, 4) is 67.3 Å². The van der Waals surface area contributed by atoms with Gasteiger partial charge in [0.2, 0.25) is 0 Å². The third-order valence-corrected chi connectivity index (χ3v) is 20.0. The quantitative estimate of drug-likeness (QED) is 0.165. The molecule has 0 unspecified atom stereocenters. The number of hydrogen-bond donors (Lipinski definition) is 0. The number of aromatic nitrogens is 1. The lowest BCUT2D eigenvalue weighted by Crippen LogP contribution is -2.56. The van der Waals surface area contributed by atoms with E-state index in [4.69, 9.17) is 9.72 Å². The van der Waals surface area contributed by atoms with Gasteiger partial charge in [-0.3, -0.25) is 4.98 Å². The molecule has 0 atom stereocenters. The second-order valence-corrected chi connectivity index (χ2v) is 24.8. The van der Waals surface area contributed by atoms with E-state index in [-0.39, 0.29) is 10.8 Å². The average molecular weight is 826 g/mol. The summed E-state index contributed by atoms with van der Waals surface area (Å²) in [6.45, 7) is 14.4. The van der Waals surface area contributed by atoms with Crippen LogP contribution in [0.3, 0.4) is 0 Å². The Labute approximate surface area is 362 Å². The fraction of sp³-hybridized carbons (Fsp3) is 0.145. The average Bonchev–Trinajstić information content (AvgIpc) is 3.64. The van der Waals surface area contributed by atoms with E-state index in [9.17, 15) is 0 Å². The van der Waals surface area contributed by atoms with Crippen LogP contribution >= 0.6 is 23.5 Å². The van der Waals surface area contributed by atoms with Crippen molar-refractivity contribution >= 4 is 42.0 Å². The zero-order valence-corrected chi connectivity index (χ0v) is 37.2. The van der Waals surface area contributed by atoms with Gasteiger partial charge in [-0.25, -0.2) is 0 Å². The van der Waals surface area contributed by atoms with Crippen LogP contribution in [-0.2, 0) is 10.8 Å². The number of fused-ring (bicyclic) bond motifs is 12. The predicted octanol–water partition coefficient (Wildman–Crippen LogP) is 14.2. The van der Waals surface area contributed by atoms with Crippen LogP contribution in [-0.4, -0.2) is 13.1 Å². The van der Waals surface area contributed by atoms with Crippen LogP contribution in [0.4, 0.5) is 0 Å². The van der Waals surface area contributed by atoms with Crippen LogP contribution in [0.5, 0.6) is 11.5 Å². The van der Waals surface area contributed by atoms with Crippen molar-refractivity contribution in [3.63, 3.8) is 0 Å². The minimum atomic E-state index is -1.98. The lowest BCUT2D eigenvalue weighted by atomic mass is 9.81. The summed E-state index contributed by atoms with van der Waals surface area (Å²) >= 11 is 3.82. The molecule has 0 N–H and O–H groups in total. The molecule has 4 aliphatic rings. The van der Waals surface area contributed by atoms with Gasteiger partial charge in [-0.2, -0.15) is 0 Å². The van der Waals surface area contributed by atoms with Crippen LogP contribution in [0.2, 0.25) is 13.1 Å². The summed E-state index contributed by atoms with van der Waals surface area (Å²) in [5.41, 5.74) is 17.1. The number of rotatable bonds is 3. The fourth-order valence-electron chi connectivity index (χ4n) is 10.5. The van der Waals surface area contributed by atoms with Gasteiger partial charge >= 0.3 is 0 Å². The second kappa shape index (κ2) is 12.7. The molecule has 3 heterocycles. The van der Waals surface area contributed by atoms with E-state index >= 15 is 0 Å². The number of nitrogens with zero attached hydrogens (tertiary/aromatic N) is 1. The van der Waals surface area contributed by atoms with Gasteiger partial charge in [-0.1, -0.05) is 167 Å². The maximum absolute atomic E-state index is 6.89. The van der Waals surface area contributed by atoms with E-state index in [2.05, 4.69) is 193 Å². The number of benzene rings is 7. The van der Waals surface area contributed by atoms with Gasteiger partial charge in [-0.15, -0.1) is 0 Å². The zero-order chi connectivity index (χ0) is 40.7. The fourth-order valence-corrected chi connectivity index (χ4v) is 15.7. The molecule has 0 amide bonds. The van der Waals surface area contributed by atoms with Crippen LogP contribution in [0.1, 0.15) is 49.9 Å². The zero-order valence-electron chi connectivity index (χ0n) is 34.6. The first-order valence-corrected chi connectivity index (χ1v) is 25.6. The summed E-state index contributed by atoms with van der Waals surface area (Å²) in [7, 11) is -1.98. The van der Waals surface area contributed by atoms with Gasteiger partial charge < -0.3 is 4.74 Å². The first-order valence-electron chi connectivity index (χ1n) is 20.9. The molecule has 5 heteroatoms. The molecule has 1 aromatic heterocycles. The Kier molecular flexibility index (Phi) is 7.69. The third-order valence-electron chi connectivity index (χ3n) is 13.9. The third kappa shape index (κ3) is 5.06. The lowest BCUT2D eigenvalue weighted by Gasteiger charge is -2.34. The molecule has 0 bridgehead atoms. The summed E-state index contributed by atoms with van der Waals surface area (Å²) in [4.78, 5) is 10.7. The van der Waals surface area contributed by atoms with Gasteiger partial charge in [0.25, 0.3) is 0 Å². The Morgan fingerprint density at radius 1 is 0.483 bits per heavy atom. The molecule has 2 nitrogen and oxygen atoms in total. The smallest absolute Gasteiger partial charge is 0.135 e. The van der Waals surface area contributed by atoms with Crippen molar-refractivity contribution < 1.29 is 4.74 Å². The number of hydrogen-bond acceptors (Lipinski definition) is 4. The lowest BCUT2D eigenvalue weighted by molar-refractivity contribution is 0.487. The van der Waals surface area contributed by atoms with Crippen molar-refractivity contribution in [3.05, 3.63) is 174 Å². The van der Waals surface area contributed by atoms with Crippen LogP contribution in [0.15, 0.2) is 171 Å². The molecule has 0 fully saturated rings. The molecule has 0 spiro atoms. The molecule has 0 radical (unpaired) electrons. The van der Waals surface area contributed by atoms with E-state index < -0.39 is 8.07 Å². The Balaban J connectivity index is 0.985. The second-order valence-electron chi connectivity index (χ2n) is 18.3. The van der Waals surface area contributed by atoms with E-state index in [1.807, 2.05) is 23.5 Å².